The van der Waals surface area contributed by atoms with Crippen molar-refractivity contribution >= 4 is 17.3 Å². The summed E-state index contributed by atoms with van der Waals surface area (Å²) in [6.45, 7) is 1.89. The molecule has 0 saturated heterocycles. The second-order valence-electron chi connectivity index (χ2n) is 3.55. The number of hydrogen-bond acceptors (Lipinski definition) is 5. The second kappa shape index (κ2) is 4.20. The van der Waals surface area contributed by atoms with E-state index >= 15 is 0 Å². The minimum absolute atomic E-state index is 0.0733. The van der Waals surface area contributed by atoms with Crippen molar-refractivity contribution in [2.45, 2.75) is 6.92 Å². The molecule has 0 aliphatic rings. The fraction of sp³-hybridized carbons (Fsp3) is 0.200. The van der Waals surface area contributed by atoms with Crippen molar-refractivity contribution in [1.29, 1.82) is 0 Å². The molecule has 2 rings (SSSR count). The van der Waals surface area contributed by atoms with E-state index in [0.717, 1.165) is 5.69 Å². The molecule has 88 valence electrons. The predicted octanol–water partition coefficient (Wildman–Crippen LogP) is 1.78. The number of aryl methyl sites for hydroxylation is 2. The van der Waals surface area contributed by atoms with Crippen LogP contribution in [0.1, 0.15) is 5.69 Å². The Morgan fingerprint density at radius 2 is 2.29 bits per heavy atom. The number of hydrogen-bond donors (Lipinski definition) is 1. The first kappa shape index (κ1) is 11.1. The maximum atomic E-state index is 10.8. The fourth-order valence-electron chi connectivity index (χ4n) is 1.38. The summed E-state index contributed by atoms with van der Waals surface area (Å²) in [6.07, 6.45) is 1.49. The molecule has 0 aromatic carbocycles. The van der Waals surface area contributed by atoms with Gasteiger partial charge in [-0.2, -0.15) is 5.10 Å². The van der Waals surface area contributed by atoms with Gasteiger partial charge in [-0.15, -0.1) is 0 Å². The highest BCUT2D eigenvalue weighted by atomic mass is 16.6. The van der Waals surface area contributed by atoms with Crippen LogP contribution in [0.3, 0.4) is 0 Å². The van der Waals surface area contributed by atoms with Gasteiger partial charge in [-0.3, -0.25) is 14.8 Å². The Balaban J connectivity index is 2.33. The van der Waals surface area contributed by atoms with Crippen molar-refractivity contribution in [3.05, 3.63) is 40.2 Å². The van der Waals surface area contributed by atoms with Gasteiger partial charge < -0.3 is 5.32 Å². The van der Waals surface area contributed by atoms with Gasteiger partial charge in [0.05, 0.1) is 4.92 Å². The summed E-state index contributed by atoms with van der Waals surface area (Å²) >= 11 is 0. The molecule has 0 spiro atoms. The predicted molar refractivity (Wildman–Crippen MR) is 62.1 cm³/mol. The number of pyridine rings is 1. The molecule has 0 amide bonds. The quantitative estimate of drug-likeness (QED) is 0.645. The van der Waals surface area contributed by atoms with Crippen LogP contribution in [0, 0.1) is 17.0 Å². The van der Waals surface area contributed by atoms with E-state index in [1.165, 1.54) is 18.3 Å². The van der Waals surface area contributed by atoms with Crippen LogP contribution in [0.4, 0.5) is 17.3 Å². The Morgan fingerprint density at radius 1 is 1.53 bits per heavy atom. The number of aromatic nitrogens is 3. The molecule has 0 aliphatic heterocycles. The molecular formula is C10H11N5O2. The molecule has 2 heterocycles. The lowest BCUT2D eigenvalue weighted by Gasteiger charge is -2.01. The number of nitrogens with one attached hydrogen (secondary N) is 1. The molecule has 0 atom stereocenters. The average molecular weight is 233 g/mol. The van der Waals surface area contributed by atoms with Crippen LogP contribution >= 0.6 is 0 Å². The topological polar surface area (TPSA) is 85.9 Å². The number of nitro groups is 1. The smallest absolute Gasteiger partial charge is 0.311 e. The molecule has 0 unspecified atom stereocenters. The molecule has 0 radical (unpaired) electrons. The summed E-state index contributed by atoms with van der Waals surface area (Å²) in [6, 6.07) is 4.70. The van der Waals surface area contributed by atoms with Crippen LogP contribution in [0.5, 0.6) is 0 Å². The highest BCUT2D eigenvalue weighted by molar-refractivity contribution is 5.62. The van der Waals surface area contributed by atoms with Crippen molar-refractivity contribution in [3.63, 3.8) is 0 Å². The van der Waals surface area contributed by atoms with Crippen LogP contribution < -0.4 is 5.32 Å². The van der Waals surface area contributed by atoms with Crippen molar-refractivity contribution < 1.29 is 4.92 Å². The third-order valence-corrected chi connectivity index (χ3v) is 2.34. The van der Waals surface area contributed by atoms with E-state index in [0.29, 0.717) is 5.82 Å². The van der Waals surface area contributed by atoms with Gasteiger partial charge in [0.15, 0.2) is 5.82 Å². The molecular weight excluding hydrogens is 222 g/mol. The Bertz CT molecular complexity index is 544. The molecule has 0 aliphatic carbocycles. The fourth-order valence-corrected chi connectivity index (χ4v) is 1.38. The first-order valence-corrected chi connectivity index (χ1v) is 4.95. The Labute approximate surface area is 97.2 Å². The summed E-state index contributed by atoms with van der Waals surface area (Å²) in [4.78, 5) is 14.2. The normalized spacial score (nSPS) is 10.2. The molecule has 0 fully saturated rings. The zero-order chi connectivity index (χ0) is 12.4. The standard InChI is InChI=1S/C10H11N5O2/c1-7-6-9(13-14(7)2)12-10-8(15(16)17)4-3-5-11-10/h3-6H,1-2H3,(H,11,12,13). The monoisotopic (exact) mass is 233 g/mol. The maximum Gasteiger partial charge on any atom is 0.311 e. The largest absolute Gasteiger partial charge is 0.318 e. The third-order valence-electron chi connectivity index (χ3n) is 2.34. The van der Waals surface area contributed by atoms with Crippen molar-refractivity contribution in [3.8, 4) is 0 Å². The highest BCUT2D eigenvalue weighted by Crippen LogP contribution is 2.23. The van der Waals surface area contributed by atoms with Crippen molar-refractivity contribution in [1.82, 2.24) is 14.8 Å². The van der Waals surface area contributed by atoms with E-state index in [4.69, 9.17) is 0 Å². The van der Waals surface area contributed by atoms with Gasteiger partial charge in [0.1, 0.15) is 0 Å². The van der Waals surface area contributed by atoms with Crippen LogP contribution in [0.25, 0.3) is 0 Å². The van der Waals surface area contributed by atoms with Crippen LogP contribution in [-0.2, 0) is 7.05 Å². The molecule has 7 heteroatoms. The van der Waals surface area contributed by atoms with Crippen LogP contribution in [0.2, 0.25) is 0 Å². The van der Waals surface area contributed by atoms with Gasteiger partial charge in [-0.25, -0.2) is 4.98 Å². The summed E-state index contributed by atoms with van der Waals surface area (Å²) in [5.74, 6) is 0.724. The van der Waals surface area contributed by atoms with Crippen molar-refractivity contribution in [2.24, 2.45) is 7.05 Å². The van der Waals surface area contributed by atoms with Crippen molar-refractivity contribution in [2.75, 3.05) is 5.32 Å². The highest BCUT2D eigenvalue weighted by Gasteiger charge is 2.15. The molecule has 0 bridgehead atoms. The third kappa shape index (κ3) is 2.22. The van der Waals surface area contributed by atoms with Gasteiger partial charge in [0, 0.05) is 31.1 Å². The summed E-state index contributed by atoms with van der Waals surface area (Å²) < 4.78 is 1.68. The summed E-state index contributed by atoms with van der Waals surface area (Å²) in [5, 5.41) is 17.8. The number of anilines is 2. The molecule has 17 heavy (non-hydrogen) atoms. The Hall–Kier alpha value is -2.44. The maximum absolute atomic E-state index is 10.8. The van der Waals surface area contributed by atoms with E-state index in [1.807, 2.05) is 6.92 Å². The first-order chi connectivity index (χ1) is 8.08. The van der Waals surface area contributed by atoms with E-state index < -0.39 is 4.92 Å². The number of rotatable bonds is 3. The van der Waals surface area contributed by atoms with Gasteiger partial charge in [0.25, 0.3) is 0 Å². The van der Waals surface area contributed by atoms with Gasteiger partial charge in [-0.1, -0.05) is 0 Å². The zero-order valence-electron chi connectivity index (χ0n) is 9.41. The molecule has 1 N–H and O–H groups in total. The Kier molecular flexibility index (Phi) is 2.73. The van der Waals surface area contributed by atoms with E-state index in [-0.39, 0.29) is 11.5 Å². The molecule has 2 aromatic rings. The second-order valence-corrected chi connectivity index (χ2v) is 3.55. The lowest BCUT2D eigenvalue weighted by molar-refractivity contribution is -0.384. The summed E-state index contributed by atoms with van der Waals surface area (Å²) in [7, 11) is 1.80. The zero-order valence-corrected chi connectivity index (χ0v) is 9.41. The number of nitrogens with zero attached hydrogens (tertiary/aromatic N) is 4. The minimum Gasteiger partial charge on any atom is -0.318 e. The minimum atomic E-state index is -0.481. The van der Waals surface area contributed by atoms with E-state index in [9.17, 15) is 10.1 Å². The average Bonchev–Trinajstić information content (AvgIpc) is 2.58. The van der Waals surface area contributed by atoms with Gasteiger partial charge >= 0.3 is 5.69 Å². The Morgan fingerprint density at radius 3 is 2.88 bits per heavy atom. The van der Waals surface area contributed by atoms with Crippen LogP contribution in [-0.4, -0.2) is 19.7 Å². The summed E-state index contributed by atoms with van der Waals surface area (Å²) in [5.41, 5.74) is 0.877. The molecule has 7 nitrogen and oxygen atoms in total. The van der Waals surface area contributed by atoms with E-state index in [1.54, 1.807) is 17.8 Å². The van der Waals surface area contributed by atoms with Gasteiger partial charge in [0.2, 0.25) is 5.82 Å². The molecule has 2 aromatic heterocycles. The van der Waals surface area contributed by atoms with Gasteiger partial charge in [-0.05, 0) is 13.0 Å². The lowest BCUT2D eigenvalue weighted by atomic mass is 10.4. The lowest BCUT2D eigenvalue weighted by Crippen LogP contribution is -2.00. The SMILES string of the molecule is Cc1cc(Nc2ncccc2[N+](=O)[O-])nn1C. The molecule has 0 saturated carbocycles. The van der Waals surface area contributed by atoms with Crippen LogP contribution in [0.15, 0.2) is 24.4 Å². The van der Waals surface area contributed by atoms with E-state index in [2.05, 4.69) is 15.4 Å². The first-order valence-electron chi connectivity index (χ1n) is 4.95.